The van der Waals surface area contributed by atoms with E-state index < -0.39 is 0 Å². The Morgan fingerprint density at radius 1 is 1.57 bits per heavy atom. The lowest BCUT2D eigenvalue weighted by Gasteiger charge is -2.25. The number of hydrogen-bond donors (Lipinski definition) is 1. The molecule has 23 heavy (non-hydrogen) atoms. The van der Waals surface area contributed by atoms with Gasteiger partial charge in [-0.3, -0.25) is 14.6 Å². The number of fused-ring (bicyclic) bond motifs is 1. The molecule has 0 saturated heterocycles. The Balaban J connectivity index is 1.82. The number of carbonyl (C=O) groups excluding carboxylic acids is 1. The molecule has 1 N–H and O–H groups in total. The van der Waals surface area contributed by atoms with Crippen molar-refractivity contribution in [3.63, 3.8) is 0 Å². The summed E-state index contributed by atoms with van der Waals surface area (Å²) in [5.74, 6) is -0.110. The molecule has 0 spiro atoms. The van der Waals surface area contributed by atoms with Crippen molar-refractivity contribution < 1.29 is 9.53 Å². The van der Waals surface area contributed by atoms with Crippen molar-refractivity contribution in [1.29, 1.82) is 0 Å². The number of aryl methyl sites for hydroxylation is 1. The highest BCUT2D eigenvalue weighted by molar-refractivity contribution is 9.10. The number of amides is 1. The molecule has 0 saturated carbocycles. The molecule has 2 aromatic rings. The summed E-state index contributed by atoms with van der Waals surface area (Å²) >= 11 is 3.46. The molecular formula is C15H20BrN5O2. The fraction of sp³-hybridized carbons (Fsp3) is 0.533. The third kappa shape index (κ3) is 3.05. The van der Waals surface area contributed by atoms with Crippen molar-refractivity contribution in [1.82, 2.24) is 24.9 Å². The van der Waals surface area contributed by atoms with E-state index in [0.717, 1.165) is 21.4 Å². The van der Waals surface area contributed by atoms with Crippen molar-refractivity contribution in [2.45, 2.75) is 39.0 Å². The molecule has 0 aliphatic carbocycles. The second kappa shape index (κ2) is 6.09. The number of ether oxygens (including phenoxy) is 1. The number of aromatic nitrogens is 4. The molecule has 2 aromatic heterocycles. The molecule has 0 aromatic carbocycles. The van der Waals surface area contributed by atoms with Crippen LogP contribution in [0.15, 0.2) is 10.7 Å². The first-order chi connectivity index (χ1) is 10.9. The third-order valence-electron chi connectivity index (χ3n) is 4.02. The van der Waals surface area contributed by atoms with Crippen LogP contribution < -0.4 is 0 Å². The molecule has 0 radical (unpaired) electrons. The smallest absolute Gasteiger partial charge is 0.274 e. The number of hydrogen-bond acceptors (Lipinski definition) is 4. The van der Waals surface area contributed by atoms with Gasteiger partial charge in [0.2, 0.25) is 0 Å². The minimum atomic E-state index is -0.110. The number of carbonyl (C=O) groups is 1. The van der Waals surface area contributed by atoms with Gasteiger partial charge in [0.1, 0.15) is 0 Å². The van der Waals surface area contributed by atoms with Crippen LogP contribution in [0.4, 0.5) is 0 Å². The average Bonchev–Trinajstić information content (AvgIpc) is 3.01. The van der Waals surface area contributed by atoms with Crippen molar-refractivity contribution in [2.24, 2.45) is 7.05 Å². The van der Waals surface area contributed by atoms with Gasteiger partial charge in [0.15, 0.2) is 5.69 Å². The topological polar surface area (TPSA) is 76.0 Å². The number of nitrogens with one attached hydrogen (secondary N) is 1. The molecule has 2 atom stereocenters. The van der Waals surface area contributed by atoms with Crippen LogP contribution in [0.1, 0.15) is 47.4 Å². The fourth-order valence-corrected chi connectivity index (χ4v) is 3.44. The van der Waals surface area contributed by atoms with Crippen molar-refractivity contribution in [3.05, 3.63) is 33.3 Å². The van der Waals surface area contributed by atoms with Crippen molar-refractivity contribution in [2.75, 3.05) is 7.05 Å². The summed E-state index contributed by atoms with van der Waals surface area (Å²) in [6.07, 6.45) is 2.57. The monoisotopic (exact) mass is 381 g/mol. The average molecular weight is 382 g/mol. The second-order valence-corrected chi connectivity index (χ2v) is 6.87. The number of aromatic amines is 1. The van der Waals surface area contributed by atoms with Crippen LogP contribution >= 0.6 is 15.9 Å². The van der Waals surface area contributed by atoms with E-state index in [1.165, 1.54) is 0 Å². The van der Waals surface area contributed by atoms with E-state index >= 15 is 0 Å². The van der Waals surface area contributed by atoms with Gasteiger partial charge < -0.3 is 9.64 Å². The lowest BCUT2D eigenvalue weighted by atomic mass is 9.99. The van der Waals surface area contributed by atoms with Crippen LogP contribution in [-0.4, -0.2) is 43.9 Å². The van der Waals surface area contributed by atoms with Gasteiger partial charge in [0.25, 0.3) is 5.91 Å². The van der Waals surface area contributed by atoms with Gasteiger partial charge in [-0.25, -0.2) is 0 Å². The minimum absolute atomic E-state index is 0.0713. The quantitative estimate of drug-likeness (QED) is 0.883. The summed E-state index contributed by atoms with van der Waals surface area (Å²) in [4.78, 5) is 14.4. The standard InChI is InChI=1S/C15H20BrN5O2/c1-8-5-10-13(9(2)23-8)17-18-14(10)15(22)20(3)7-12-11(16)6-21(4)19-12/h6,8-9H,5,7H2,1-4H3,(H,17,18)/t8-,9+/m1/s1. The SMILES string of the molecule is C[C@@H]1Cc2c(C(=O)N(C)Cc3nn(C)cc3Br)n[nH]c2[C@H](C)O1. The van der Waals surface area contributed by atoms with Gasteiger partial charge in [0, 0.05) is 32.3 Å². The van der Waals surface area contributed by atoms with E-state index in [2.05, 4.69) is 31.2 Å². The molecule has 1 aliphatic heterocycles. The highest BCUT2D eigenvalue weighted by atomic mass is 79.9. The van der Waals surface area contributed by atoms with E-state index in [1.54, 1.807) is 16.6 Å². The van der Waals surface area contributed by atoms with Crippen LogP contribution in [0.25, 0.3) is 0 Å². The zero-order valence-corrected chi connectivity index (χ0v) is 15.2. The molecule has 3 rings (SSSR count). The molecule has 3 heterocycles. The number of rotatable bonds is 3. The molecule has 7 nitrogen and oxygen atoms in total. The maximum atomic E-state index is 12.8. The van der Waals surface area contributed by atoms with Gasteiger partial charge in [-0.05, 0) is 29.8 Å². The summed E-state index contributed by atoms with van der Waals surface area (Å²) in [6, 6.07) is 0. The second-order valence-electron chi connectivity index (χ2n) is 6.02. The Kier molecular flexibility index (Phi) is 4.29. The first kappa shape index (κ1) is 16.2. The highest BCUT2D eigenvalue weighted by Crippen LogP contribution is 2.30. The highest BCUT2D eigenvalue weighted by Gasteiger charge is 2.30. The summed E-state index contributed by atoms with van der Waals surface area (Å²) in [6.45, 7) is 4.40. The van der Waals surface area contributed by atoms with Crippen molar-refractivity contribution >= 4 is 21.8 Å². The summed E-state index contributed by atoms with van der Waals surface area (Å²) in [7, 11) is 3.61. The Morgan fingerprint density at radius 2 is 2.30 bits per heavy atom. The molecular weight excluding hydrogens is 362 g/mol. The first-order valence-electron chi connectivity index (χ1n) is 7.53. The van der Waals surface area contributed by atoms with Crippen LogP contribution in [-0.2, 0) is 24.8 Å². The van der Waals surface area contributed by atoms with Crippen LogP contribution in [0.5, 0.6) is 0 Å². The van der Waals surface area contributed by atoms with Crippen LogP contribution in [0, 0.1) is 0 Å². The lowest BCUT2D eigenvalue weighted by molar-refractivity contribution is -0.00701. The van der Waals surface area contributed by atoms with E-state index in [4.69, 9.17) is 4.74 Å². The van der Waals surface area contributed by atoms with Crippen LogP contribution in [0.3, 0.4) is 0 Å². The molecule has 0 unspecified atom stereocenters. The third-order valence-corrected chi connectivity index (χ3v) is 4.69. The zero-order chi connectivity index (χ0) is 16.7. The van der Waals surface area contributed by atoms with E-state index in [-0.39, 0.29) is 18.1 Å². The lowest BCUT2D eigenvalue weighted by Crippen LogP contribution is -2.29. The predicted octanol–water partition coefficient (Wildman–Crippen LogP) is 2.20. The van der Waals surface area contributed by atoms with Crippen molar-refractivity contribution in [3.8, 4) is 0 Å². The molecule has 8 heteroatoms. The maximum absolute atomic E-state index is 12.8. The molecule has 124 valence electrons. The van der Waals surface area contributed by atoms with Gasteiger partial charge in [-0.1, -0.05) is 0 Å². The van der Waals surface area contributed by atoms with E-state index in [1.807, 2.05) is 27.1 Å². The summed E-state index contributed by atoms with van der Waals surface area (Å²) in [5.41, 5.74) is 3.17. The molecule has 1 amide bonds. The zero-order valence-electron chi connectivity index (χ0n) is 13.6. The first-order valence-corrected chi connectivity index (χ1v) is 8.32. The number of nitrogens with zero attached hydrogens (tertiary/aromatic N) is 4. The van der Waals surface area contributed by atoms with Crippen LogP contribution in [0.2, 0.25) is 0 Å². The fourth-order valence-electron chi connectivity index (χ4n) is 2.94. The van der Waals surface area contributed by atoms with E-state index in [0.29, 0.717) is 18.7 Å². The normalized spacial score (nSPS) is 20.4. The Hall–Kier alpha value is -1.67. The maximum Gasteiger partial charge on any atom is 0.274 e. The Labute approximate surface area is 143 Å². The van der Waals surface area contributed by atoms with Gasteiger partial charge in [0.05, 0.1) is 34.6 Å². The Morgan fingerprint density at radius 3 is 2.96 bits per heavy atom. The summed E-state index contributed by atoms with van der Waals surface area (Å²) < 4.78 is 8.37. The molecule has 0 fully saturated rings. The van der Waals surface area contributed by atoms with Gasteiger partial charge >= 0.3 is 0 Å². The van der Waals surface area contributed by atoms with E-state index in [9.17, 15) is 4.79 Å². The van der Waals surface area contributed by atoms with Gasteiger partial charge in [-0.15, -0.1) is 0 Å². The number of H-pyrrole nitrogens is 1. The largest absolute Gasteiger partial charge is 0.369 e. The minimum Gasteiger partial charge on any atom is -0.369 e. The summed E-state index contributed by atoms with van der Waals surface area (Å²) in [5, 5.41) is 11.6. The predicted molar refractivity (Wildman–Crippen MR) is 88.0 cm³/mol. The van der Waals surface area contributed by atoms with Gasteiger partial charge in [-0.2, -0.15) is 10.2 Å². The Bertz CT molecular complexity index is 738. The number of halogens is 1. The molecule has 1 aliphatic rings. The molecule has 0 bridgehead atoms.